The fraction of sp³-hybridized carbons (Fsp3) is 0.680. The normalized spacial score (nSPS) is 16.7. The van der Waals surface area contributed by atoms with Crippen molar-refractivity contribution in [2.75, 3.05) is 46.4 Å². The summed E-state index contributed by atoms with van der Waals surface area (Å²) in [6.07, 6.45) is 4.49. The maximum Gasteiger partial charge on any atom is 0.253 e. The molecule has 8 nitrogen and oxygen atoms in total. The predicted molar refractivity (Wildman–Crippen MR) is 131 cm³/mol. The second-order valence-corrected chi connectivity index (χ2v) is 8.20. The molecule has 1 radical (unpaired) electrons. The smallest absolute Gasteiger partial charge is 0.253 e. The molecule has 0 spiro atoms. The summed E-state index contributed by atoms with van der Waals surface area (Å²) in [6, 6.07) is 5.36. The third kappa shape index (κ3) is 9.10. The van der Waals surface area contributed by atoms with Crippen LogP contribution in [0.1, 0.15) is 63.2 Å². The molecule has 9 heteroatoms. The number of likely N-dealkylation sites (tertiary alicyclic amines) is 2. The van der Waals surface area contributed by atoms with E-state index in [9.17, 15) is 9.59 Å². The first kappa shape index (κ1) is 30.8. The third-order valence-corrected chi connectivity index (χ3v) is 6.04. The summed E-state index contributed by atoms with van der Waals surface area (Å²) in [4.78, 5) is 28.2. The molecule has 189 valence electrons. The van der Waals surface area contributed by atoms with Crippen LogP contribution in [0, 0.1) is 0 Å². The number of benzene rings is 1. The van der Waals surface area contributed by atoms with Gasteiger partial charge in [0.2, 0.25) is 5.91 Å². The van der Waals surface area contributed by atoms with Crippen molar-refractivity contribution in [3.8, 4) is 5.75 Å². The van der Waals surface area contributed by atoms with E-state index >= 15 is 0 Å². The summed E-state index contributed by atoms with van der Waals surface area (Å²) in [5, 5.41) is 4.49. The molecule has 0 unspecified atom stereocenters. The van der Waals surface area contributed by atoms with Gasteiger partial charge in [0.1, 0.15) is 5.75 Å². The number of methoxy groups -OCH3 is 1. The predicted octanol–water partition coefficient (Wildman–Crippen LogP) is 4.80. The number of ether oxygens (including phenoxy) is 2. The van der Waals surface area contributed by atoms with Gasteiger partial charge in [-0.05, 0) is 37.8 Å². The molecule has 2 fully saturated rings. The number of nitrogens with zero attached hydrogens (tertiary/aromatic N) is 3. The summed E-state index contributed by atoms with van der Waals surface area (Å²) >= 11 is 0. The van der Waals surface area contributed by atoms with Crippen molar-refractivity contribution in [2.24, 2.45) is 0 Å². The van der Waals surface area contributed by atoms with E-state index in [-0.39, 0.29) is 56.7 Å². The van der Waals surface area contributed by atoms with Gasteiger partial charge in [0.25, 0.3) is 5.91 Å². The molecule has 3 rings (SSSR count). The Balaban J connectivity index is 0.00000188. The molecule has 2 heterocycles. The number of nitrogens with one attached hydrogen (secondary N) is 1. The molecule has 1 aromatic rings. The van der Waals surface area contributed by atoms with Gasteiger partial charge >= 0.3 is 0 Å². The van der Waals surface area contributed by atoms with Crippen LogP contribution >= 0.6 is 0 Å². The quantitative estimate of drug-likeness (QED) is 0.435. The number of hydrogen-bond acceptors (Lipinski definition) is 4. The Hall–Kier alpha value is -1.22. The first-order valence-electron chi connectivity index (χ1n) is 12.2. The number of piperidine rings is 2. The van der Waals surface area contributed by atoms with Gasteiger partial charge in [-0.1, -0.05) is 32.0 Å². The van der Waals surface area contributed by atoms with Crippen LogP contribution in [0.5, 0.6) is 5.75 Å². The zero-order chi connectivity index (χ0) is 24.2. The second kappa shape index (κ2) is 16.5. The number of carbonyl (C=O) groups excluding carboxylic acids is 2. The van der Waals surface area contributed by atoms with Crippen LogP contribution in [0.25, 0.3) is 11.1 Å². The Morgan fingerprint density at radius 1 is 1.03 bits per heavy atom. The van der Waals surface area contributed by atoms with Crippen LogP contribution in [0.3, 0.4) is 0 Å². The standard InChI is InChI=1S/C23H34N4O4.C2H6.Y/c1-17(28)26-12-6-19(7-13-26)31-20-8-14-27(15-9-20)23(29)18-4-5-22(30-2)21(16-18)25-11-3-10-24;1-2;/h4-5,16,19-20,24H,3,6-15H2,1-2H3;1-2H3;/q-2;;. The van der Waals surface area contributed by atoms with E-state index in [0.717, 1.165) is 38.8 Å². The van der Waals surface area contributed by atoms with E-state index in [0.29, 0.717) is 49.6 Å². The van der Waals surface area contributed by atoms with Gasteiger partial charge < -0.3 is 30.3 Å². The number of carbonyl (C=O) groups is 2. The van der Waals surface area contributed by atoms with E-state index in [1.165, 1.54) is 0 Å². The largest absolute Gasteiger partial charge is 0.681 e. The molecule has 0 aromatic heterocycles. The summed E-state index contributed by atoms with van der Waals surface area (Å²) < 4.78 is 11.6. The van der Waals surface area contributed by atoms with Crippen LogP contribution in [0.4, 0.5) is 5.69 Å². The van der Waals surface area contributed by atoms with Crippen LogP contribution in [0.2, 0.25) is 0 Å². The number of hydrogen-bond donors (Lipinski definition) is 0. The molecule has 1 N–H and O–H groups in total. The average molecular weight is 550 g/mol. The van der Waals surface area contributed by atoms with E-state index in [1.807, 2.05) is 23.6 Å². The summed E-state index contributed by atoms with van der Waals surface area (Å²) in [5.74, 6) is 0.786. The van der Waals surface area contributed by atoms with E-state index in [1.54, 1.807) is 32.2 Å². The van der Waals surface area contributed by atoms with Crippen LogP contribution in [0.15, 0.2) is 18.2 Å². The maximum absolute atomic E-state index is 13.0. The Morgan fingerprint density at radius 3 is 2.09 bits per heavy atom. The summed E-state index contributed by atoms with van der Waals surface area (Å²) in [7, 11) is 1.59. The van der Waals surface area contributed by atoms with Gasteiger partial charge in [0.15, 0.2) is 0 Å². The van der Waals surface area contributed by atoms with Crippen molar-refractivity contribution >= 4 is 17.5 Å². The maximum atomic E-state index is 13.0. The number of amides is 2. The van der Waals surface area contributed by atoms with Gasteiger partial charge in [0.05, 0.1) is 19.3 Å². The molecule has 1 aromatic carbocycles. The molecule has 0 atom stereocenters. The van der Waals surface area contributed by atoms with E-state index in [4.69, 9.17) is 15.2 Å². The van der Waals surface area contributed by atoms with Crippen molar-refractivity contribution in [3.63, 3.8) is 0 Å². The van der Waals surface area contributed by atoms with Crippen molar-refractivity contribution in [3.05, 3.63) is 34.8 Å². The fourth-order valence-corrected chi connectivity index (χ4v) is 4.18. The molecule has 0 aliphatic carbocycles. The van der Waals surface area contributed by atoms with Gasteiger partial charge in [-0.3, -0.25) is 9.59 Å². The fourth-order valence-electron chi connectivity index (χ4n) is 4.18. The number of rotatable bonds is 8. The van der Waals surface area contributed by atoms with Crippen molar-refractivity contribution < 1.29 is 51.8 Å². The van der Waals surface area contributed by atoms with Crippen LogP contribution in [-0.2, 0) is 42.2 Å². The van der Waals surface area contributed by atoms with Crippen molar-refractivity contribution in [1.82, 2.24) is 9.80 Å². The Morgan fingerprint density at radius 2 is 1.59 bits per heavy atom. The monoisotopic (exact) mass is 549 g/mol. The Bertz CT molecular complexity index is 748. The zero-order valence-corrected chi connectivity index (χ0v) is 24.1. The molecule has 2 aliphatic heterocycles. The molecule has 0 saturated carbocycles. The zero-order valence-electron chi connectivity index (χ0n) is 21.2. The first-order valence-corrected chi connectivity index (χ1v) is 12.2. The molecule has 2 aliphatic rings. The average Bonchev–Trinajstić information content (AvgIpc) is 2.86. The molecule has 2 amide bonds. The topological polar surface area (TPSA) is 97.0 Å². The second-order valence-electron chi connectivity index (χ2n) is 8.20. The Kier molecular flexibility index (Phi) is 14.9. The minimum atomic E-state index is 0. The van der Waals surface area contributed by atoms with Gasteiger partial charge in [0, 0.05) is 71.4 Å². The van der Waals surface area contributed by atoms with Crippen molar-refractivity contribution in [2.45, 2.75) is 65.1 Å². The van der Waals surface area contributed by atoms with Gasteiger partial charge in [-0.15, -0.1) is 6.54 Å². The van der Waals surface area contributed by atoms with Crippen molar-refractivity contribution in [1.29, 1.82) is 0 Å². The van der Waals surface area contributed by atoms with Gasteiger partial charge in [-0.25, -0.2) is 0 Å². The van der Waals surface area contributed by atoms with Crippen LogP contribution in [-0.4, -0.2) is 80.2 Å². The van der Waals surface area contributed by atoms with Crippen LogP contribution < -0.4 is 4.74 Å². The molecule has 0 bridgehead atoms. The minimum Gasteiger partial charge on any atom is -0.681 e. The van der Waals surface area contributed by atoms with E-state index < -0.39 is 0 Å². The summed E-state index contributed by atoms with van der Waals surface area (Å²) in [5.41, 5.74) is 8.53. The minimum absolute atomic E-state index is 0. The molecular formula is C25H40N4O4Y-2. The molecule has 34 heavy (non-hydrogen) atoms. The van der Waals surface area contributed by atoms with E-state index in [2.05, 4.69) is 5.32 Å². The first-order chi connectivity index (χ1) is 16.0. The van der Waals surface area contributed by atoms with Gasteiger partial charge in [-0.2, -0.15) is 6.54 Å². The third-order valence-electron chi connectivity index (χ3n) is 6.04. The molecular weight excluding hydrogens is 509 g/mol. The SMILES string of the molecule is CC.COc1ccc(C(=O)N2CCC(OC3CCN(C(C)=O)CC3)CC2)cc1[N-]CCC[NH-].[Y]. The Labute approximate surface area is 230 Å². The summed E-state index contributed by atoms with van der Waals surface area (Å²) in [6.45, 7) is 9.38. The molecule has 2 saturated heterocycles.